The number of rotatable bonds is 6. The number of carbonyl (C=O) groups excluding carboxylic acids is 1. The van der Waals surface area contributed by atoms with Gasteiger partial charge in [-0.2, -0.15) is 0 Å². The van der Waals surface area contributed by atoms with E-state index in [0.717, 1.165) is 27.4 Å². The molecule has 0 aliphatic heterocycles. The molecule has 0 saturated carbocycles. The van der Waals surface area contributed by atoms with Crippen LogP contribution in [0.25, 0.3) is 21.3 Å². The molecule has 118 valence electrons. The van der Waals surface area contributed by atoms with Gasteiger partial charge in [0.25, 0.3) is 0 Å². The van der Waals surface area contributed by atoms with E-state index in [1.165, 1.54) is 18.2 Å². The van der Waals surface area contributed by atoms with Crippen LogP contribution in [-0.2, 0) is 9.53 Å². The first-order valence-corrected chi connectivity index (χ1v) is 9.13. The molecule has 0 atom stereocenters. The molecule has 0 radical (unpaired) electrons. The predicted octanol–water partition coefficient (Wildman–Crippen LogP) is 4.40. The molecule has 0 bridgehead atoms. The van der Waals surface area contributed by atoms with Crippen molar-refractivity contribution in [3.05, 3.63) is 42.0 Å². The lowest BCUT2D eigenvalue weighted by Crippen LogP contribution is -2.00. The maximum atomic E-state index is 11.2. The van der Waals surface area contributed by atoms with Crippen molar-refractivity contribution in [3.63, 3.8) is 0 Å². The molecule has 2 aromatic heterocycles. The van der Waals surface area contributed by atoms with Gasteiger partial charge in [0.05, 0.1) is 12.5 Å². The van der Waals surface area contributed by atoms with Gasteiger partial charge in [0.15, 0.2) is 0 Å². The second-order valence-electron chi connectivity index (χ2n) is 4.90. The van der Waals surface area contributed by atoms with E-state index in [9.17, 15) is 4.79 Å². The molecule has 23 heavy (non-hydrogen) atoms. The molecule has 0 N–H and O–H groups in total. The lowest BCUT2D eigenvalue weighted by Gasteiger charge is -2.05. The van der Waals surface area contributed by atoms with Gasteiger partial charge in [0, 0.05) is 23.1 Å². The molecule has 2 heterocycles. The lowest BCUT2D eigenvalue weighted by atomic mass is 10.1. The highest BCUT2D eigenvalue weighted by molar-refractivity contribution is 7.99. The largest absolute Gasteiger partial charge is 0.469 e. The predicted molar refractivity (Wildman–Crippen MR) is 94.8 cm³/mol. The first-order chi connectivity index (χ1) is 11.3. The molecule has 0 aliphatic rings. The van der Waals surface area contributed by atoms with Gasteiger partial charge in [-0.1, -0.05) is 30.3 Å². The van der Waals surface area contributed by atoms with Crippen LogP contribution in [-0.4, -0.2) is 28.8 Å². The highest BCUT2D eigenvalue weighted by Gasteiger charge is 2.13. The molecule has 0 spiro atoms. The summed E-state index contributed by atoms with van der Waals surface area (Å²) in [5.41, 5.74) is 2.34. The van der Waals surface area contributed by atoms with E-state index in [1.807, 2.05) is 18.2 Å². The fraction of sp³-hybridized carbons (Fsp3) is 0.235. The zero-order valence-electron chi connectivity index (χ0n) is 12.7. The number of benzene rings is 1. The minimum atomic E-state index is -0.168. The van der Waals surface area contributed by atoms with Gasteiger partial charge in [-0.15, -0.1) is 23.1 Å². The van der Waals surface area contributed by atoms with E-state index in [-0.39, 0.29) is 5.97 Å². The van der Waals surface area contributed by atoms with Gasteiger partial charge in [0.1, 0.15) is 16.2 Å². The van der Waals surface area contributed by atoms with Crippen LogP contribution in [0.4, 0.5) is 0 Å². The van der Waals surface area contributed by atoms with Crippen molar-refractivity contribution in [1.29, 1.82) is 0 Å². The van der Waals surface area contributed by atoms with Crippen molar-refractivity contribution in [2.75, 3.05) is 12.9 Å². The number of fused-ring (bicyclic) bond motifs is 1. The van der Waals surface area contributed by atoms with Crippen LogP contribution in [0.15, 0.2) is 47.1 Å². The molecule has 0 amide bonds. The Bertz CT molecular complexity index is 803. The molecule has 6 heteroatoms. The van der Waals surface area contributed by atoms with Crippen LogP contribution in [0.1, 0.15) is 12.8 Å². The van der Waals surface area contributed by atoms with E-state index in [0.29, 0.717) is 6.42 Å². The summed E-state index contributed by atoms with van der Waals surface area (Å²) in [6.45, 7) is 0. The van der Waals surface area contributed by atoms with Crippen molar-refractivity contribution in [3.8, 4) is 11.1 Å². The standard InChI is InChI=1S/C17H16N2O2S2/c1-21-14(20)8-5-9-22-16-15-13(12-6-3-2-4-7-12)10-23-17(15)19-11-18-16/h2-4,6-7,10-11H,5,8-9H2,1H3. The molecule has 4 nitrogen and oxygen atoms in total. The van der Waals surface area contributed by atoms with Gasteiger partial charge in [0.2, 0.25) is 0 Å². The minimum Gasteiger partial charge on any atom is -0.469 e. The van der Waals surface area contributed by atoms with Crippen molar-refractivity contribution in [2.24, 2.45) is 0 Å². The van der Waals surface area contributed by atoms with Gasteiger partial charge >= 0.3 is 5.97 Å². The van der Waals surface area contributed by atoms with Gasteiger partial charge in [-0.3, -0.25) is 4.79 Å². The second kappa shape index (κ2) is 7.57. The molecule has 1 aromatic carbocycles. The summed E-state index contributed by atoms with van der Waals surface area (Å²) in [5.74, 6) is 0.657. The first-order valence-electron chi connectivity index (χ1n) is 7.27. The number of nitrogens with zero attached hydrogens (tertiary/aromatic N) is 2. The highest BCUT2D eigenvalue weighted by Crippen LogP contribution is 2.37. The maximum Gasteiger partial charge on any atom is 0.305 e. The topological polar surface area (TPSA) is 52.1 Å². The van der Waals surface area contributed by atoms with Crippen LogP contribution < -0.4 is 0 Å². The Kier molecular flexibility index (Phi) is 5.25. The quantitative estimate of drug-likeness (QED) is 0.287. The third-order valence-electron chi connectivity index (χ3n) is 3.41. The summed E-state index contributed by atoms with van der Waals surface area (Å²) in [5, 5.41) is 4.21. The van der Waals surface area contributed by atoms with Gasteiger partial charge < -0.3 is 4.74 Å². The molecule has 0 saturated heterocycles. The van der Waals surface area contributed by atoms with Gasteiger partial charge in [-0.25, -0.2) is 9.97 Å². The van der Waals surface area contributed by atoms with Crippen LogP contribution in [0, 0.1) is 0 Å². The number of thioether (sulfide) groups is 1. The Morgan fingerprint density at radius 2 is 2.09 bits per heavy atom. The number of thiophene rings is 1. The lowest BCUT2D eigenvalue weighted by molar-refractivity contribution is -0.140. The molecule has 3 rings (SSSR count). The molecule has 0 fully saturated rings. The Morgan fingerprint density at radius 3 is 2.87 bits per heavy atom. The van der Waals surface area contributed by atoms with Crippen LogP contribution in [0.2, 0.25) is 0 Å². The van der Waals surface area contributed by atoms with E-state index >= 15 is 0 Å². The van der Waals surface area contributed by atoms with E-state index in [4.69, 9.17) is 0 Å². The Morgan fingerprint density at radius 1 is 1.26 bits per heavy atom. The summed E-state index contributed by atoms with van der Waals surface area (Å²) >= 11 is 3.30. The average molecular weight is 344 g/mol. The van der Waals surface area contributed by atoms with Gasteiger partial charge in [-0.05, 0) is 12.0 Å². The van der Waals surface area contributed by atoms with E-state index in [2.05, 4.69) is 32.2 Å². The second-order valence-corrected chi connectivity index (χ2v) is 6.84. The summed E-state index contributed by atoms with van der Waals surface area (Å²) in [6.07, 6.45) is 2.82. The number of carbonyl (C=O) groups is 1. The molecule has 3 aromatic rings. The Labute approximate surface area is 142 Å². The fourth-order valence-electron chi connectivity index (χ4n) is 2.27. The number of aromatic nitrogens is 2. The molecule has 0 aliphatic carbocycles. The highest BCUT2D eigenvalue weighted by atomic mass is 32.2. The van der Waals surface area contributed by atoms with Crippen LogP contribution >= 0.6 is 23.1 Å². The molecular weight excluding hydrogens is 328 g/mol. The molecular formula is C17H16N2O2S2. The van der Waals surface area contributed by atoms with Crippen molar-refractivity contribution >= 4 is 39.3 Å². The maximum absolute atomic E-state index is 11.2. The SMILES string of the molecule is COC(=O)CCCSc1ncnc2scc(-c3ccccc3)c12. The first kappa shape index (κ1) is 16.0. The van der Waals surface area contributed by atoms with Crippen molar-refractivity contribution in [1.82, 2.24) is 9.97 Å². The van der Waals surface area contributed by atoms with Crippen molar-refractivity contribution in [2.45, 2.75) is 17.9 Å². The monoisotopic (exact) mass is 344 g/mol. The van der Waals surface area contributed by atoms with E-state index in [1.54, 1.807) is 29.4 Å². The van der Waals surface area contributed by atoms with Crippen LogP contribution in [0.3, 0.4) is 0 Å². The number of methoxy groups -OCH3 is 1. The van der Waals surface area contributed by atoms with Crippen LogP contribution in [0.5, 0.6) is 0 Å². The molecule has 0 unspecified atom stereocenters. The number of hydrogen-bond donors (Lipinski definition) is 0. The number of esters is 1. The van der Waals surface area contributed by atoms with E-state index < -0.39 is 0 Å². The fourth-order valence-corrected chi connectivity index (χ4v) is 4.21. The third kappa shape index (κ3) is 3.71. The summed E-state index contributed by atoms with van der Waals surface area (Å²) < 4.78 is 4.67. The third-order valence-corrected chi connectivity index (χ3v) is 5.37. The number of hydrogen-bond acceptors (Lipinski definition) is 6. The average Bonchev–Trinajstić information content (AvgIpc) is 3.04. The summed E-state index contributed by atoms with van der Waals surface area (Å²) in [6, 6.07) is 10.3. The number of ether oxygens (including phenoxy) is 1. The Hall–Kier alpha value is -1.92. The Balaban J connectivity index is 1.83. The smallest absolute Gasteiger partial charge is 0.305 e. The zero-order valence-corrected chi connectivity index (χ0v) is 14.3. The van der Waals surface area contributed by atoms with Crippen molar-refractivity contribution < 1.29 is 9.53 Å². The zero-order chi connectivity index (χ0) is 16.1. The summed E-state index contributed by atoms with van der Waals surface area (Å²) in [7, 11) is 1.42. The minimum absolute atomic E-state index is 0.168. The summed E-state index contributed by atoms with van der Waals surface area (Å²) in [4.78, 5) is 21.0. The normalized spacial score (nSPS) is 10.8.